The third kappa shape index (κ3) is 2.27. The van der Waals surface area contributed by atoms with Gasteiger partial charge in [0, 0.05) is 36.3 Å². The van der Waals surface area contributed by atoms with E-state index in [1.165, 1.54) is 22.2 Å². The van der Waals surface area contributed by atoms with Gasteiger partial charge in [-0.15, -0.1) is 0 Å². The van der Waals surface area contributed by atoms with Crippen molar-refractivity contribution in [1.82, 2.24) is 9.88 Å². The summed E-state index contributed by atoms with van der Waals surface area (Å²) in [5, 5.41) is 1.18. The molecule has 0 spiro atoms. The lowest BCUT2D eigenvalue weighted by Gasteiger charge is -2.29. The molecule has 0 radical (unpaired) electrons. The summed E-state index contributed by atoms with van der Waals surface area (Å²) in [6.07, 6.45) is 1.03. The lowest BCUT2D eigenvalue weighted by atomic mass is 9.96. The summed E-state index contributed by atoms with van der Waals surface area (Å²) in [5.74, 6) is 1.62. The van der Waals surface area contributed by atoms with Crippen LogP contribution in [-0.4, -0.2) is 30.1 Å². The summed E-state index contributed by atoms with van der Waals surface area (Å²) in [6, 6.07) is 6.11. The van der Waals surface area contributed by atoms with Crippen molar-refractivity contribution in [3.05, 3.63) is 35.0 Å². The summed E-state index contributed by atoms with van der Waals surface area (Å²) < 4.78 is 5.35. The highest BCUT2D eigenvalue weighted by Crippen LogP contribution is 2.31. The number of nitrogens with zero attached hydrogens (tertiary/aromatic N) is 2. The van der Waals surface area contributed by atoms with E-state index in [1.54, 1.807) is 7.11 Å². The molecule has 0 bridgehead atoms. The molecule has 0 N–H and O–H groups in total. The number of pyridine rings is 1. The summed E-state index contributed by atoms with van der Waals surface area (Å²) >= 11 is 4.56. The molecule has 4 heteroatoms. The highest BCUT2D eigenvalue weighted by Gasteiger charge is 2.21. The van der Waals surface area contributed by atoms with Crippen LogP contribution in [0, 0.1) is 0 Å². The van der Waals surface area contributed by atoms with E-state index >= 15 is 0 Å². The molecule has 0 saturated carbocycles. The molecule has 3 rings (SSSR count). The fourth-order valence-electron chi connectivity index (χ4n) is 2.94. The number of hydrogen-bond donors (Lipinski definition) is 1. The van der Waals surface area contributed by atoms with Gasteiger partial charge in [0.2, 0.25) is 0 Å². The lowest BCUT2D eigenvalue weighted by Crippen LogP contribution is -2.31. The molecule has 1 aromatic carbocycles. The Morgan fingerprint density at radius 3 is 2.95 bits per heavy atom. The molecular formula is C16H20N2OS. The second-order valence-corrected chi connectivity index (χ2v) is 5.49. The van der Waals surface area contributed by atoms with Crippen molar-refractivity contribution in [3.63, 3.8) is 0 Å². The molecule has 2 heterocycles. The fourth-order valence-corrected chi connectivity index (χ4v) is 3.30. The number of ether oxygens (including phenoxy) is 1. The van der Waals surface area contributed by atoms with E-state index in [0.29, 0.717) is 0 Å². The lowest BCUT2D eigenvalue weighted by molar-refractivity contribution is 0.265. The molecule has 0 saturated heterocycles. The van der Waals surface area contributed by atoms with E-state index < -0.39 is 0 Å². The highest BCUT2D eigenvalue weighted by atomic mass is 32.1. The van der Waals surface area contributed by atoms with Crippen LogP contribution < -0.4 is 4.74 Å². The molecule has 1 aliphatic heterocycles. The summed E-state index contributed by atoms with van der Waals surface area (Å²) in [5.41, 5.74) is 4.98. The Bertz CT molecular complexity index is 642. The Labute approximate surface area is 125 Å². The van der Waals surface area contributed by atoms with Crippen molar-refractivity contribution >= 4 is 23.5 Å². The van der Waals surface area contributed by atoms with E-state index in [9.17, 15) is 0 Å². The van der Waals surface area contributed by atoms with Crippen LogP contribution in [0.5, 0.6) is 5.75 Å². The van der Waals surface area contributed by atoms with E-state index in [-0.39, 0.29) is 0 Å². The number of hydrogen-bond acceptors (Lipinski definition) is 4. The van der Waals surface area contributed by atoms with Crippen molar-refractivity contribution in [2.45, 2.75) is 25.6 Å². The Morgan fingerprint density at radius 2 is 2.25 bits per heavy atom. The minimum absolute atomic E-state index is 0.742. The largest absolute Gasteiger partial charge is 0.497 e. The van der Waals surface area contributed by atoms with Crippen LogP contribution in [-0.2, 0) is 18.7 Å². The van der Waals surface area contributed by atoms with Crippen molar-refractivity contribution in [3.8, 4) is 5.75 Å². The van der Waals surface area contributed by atoms with Gasteiger partial charge in [-0.1, -0.05) is 6.92 Å². The SMILES string of the molecule is CCN1CCc2nc3ccc(OC)cc3c(CS)c2C1. The third-order valence-electron chi connectivity index (χ3n) is 4.15. The predicted octanol–water partition coefficient (Wildman–Crippen LogP) is 3.05. The zero-order valence-corrected chi connectivity index (χ0v) is 12.9. The second-order valence-electron chi connectivity index (χ2n) is 5.18. The maximum Gasteiger partial charge on any atom is 0.119 e. The Morgan fingerprint density at radius 1 is 1.40 bits per heavy atom. The molecule has 0 unspecified atom stereocenters. The molecule has 0 amide bonds. The van der Waals surface area contributed by atoms with Crippen LogP contribution in [0.1, 0.15) is 23.7 Å². The number of fused-ring (bicyclic) bond motifs is 2. The minimum atomic E-state index is 0.742. The summed E-state index contributed by atoms with van der Waals surface area (Å²) in [7, 11) is 1.70. The van der Waals surface area contributed by atoms with Crippen molar-refractivity contribution in [2.24, 2.45) is 0 Å². The first-order valence-electron chi connectivity index (χ1n) is 7.08. The van der Waals surface area contributed by atoms with E-state index in [0.717, 1.165) is 43.1 Å². The van der Waals surface area contributed by atoms with Crippen LogP contribution in [0.3, 0.4) is 0 Å². The first-order chi connectivity index (χ1) is 9.76. The van der Waals surface area contributed by atoms with Crippen LogP contribution in [0.15, 0.2) is 18.2 Å². The van der Waals surface area contributed by atoms with Crippen LogP contribution >= 0.6 is 12.6 Å². The zero-order chi connectivity index (χ0) is 14.1. The maximum atomic E-state index is 5.35. The quantitative estimate of drug-likeness (QED) is 0.879. The second kappa shape index (κ2) is 5.62. The number of likely N-dealkylation sites (N-methyl/N-ethyl adjacent to an activating group) is 1. The van der Waals surface area contributed by atoms with Gasteiger partial charge in [0.1, 0.15) is 5.75 Å². The van der Waals surface area contributed by atoms with Crippen LogP contribution in [0.25, 0.3) is 10.9 Å². The Hall–Kier alpha value is -1.26. The monoisotopic (exact) mass is 288 g/mol. The third-order valence-corrected chi connectivity index (χ3v) is 4.46. The fraction of sp³-hybridized carbons (Fsp3) is 0.438. The smallest absolute Gasteiger partial charge is 0.119 e. The maximum absolute atomic E-state index is 5.35. The van der Waals surface area contributed by atoms with Crippen molar-refractivity contribution in [1.29, 1.82) is 0 Å². The molecule has 1 aromatic heterocycles. The molecule has 2 aromatic rings. The van der Waals surface area contributed by atoms with E-state index in [1.807, 2.05) is 12.1 Å². The Balaban J connectivity index is 2.21. The molecule has 0 aliphatic carbocycles. The molecule has 20 heavy (non-hydrogen) atoms. The Kier molecular flexibility index (Phi) is 3.85. The average Bonchev–Trinajstić information content (AvgIpc) is 2.51. The number of methoxy groups -OCH3 is 1. The number of thiol groups is 1. The average molecular weight is 288 g/mol. The topological polar surface area (TPSA) is 25.4 Å². The zero-order valence-electron chi connectivity index (χ0n) is 12.0. The molecule has 0 atom stereocenters. The predicted molar refractivity (Wildman–Crippen MR) is 85.6 cm³/mol. The van der Waals surface area contributed by atoms with Gasteiger partial charge in [0.15, 0.2) is 0 Å². The van der Waals surface area contributed by atoms with Crippen molar-refractivity contribution < 1.29 is 4.74 Å². The van der Waals surface area contributed by atoms with Gasteiger partial charge in [-0.2, -0.15) is 12.6 Å². The molecule has 0 fully saturated rings. The van der Waals surface area contributed by atoms with Gasteiger partial charge < -0.3 is 4.74 Å². The minimum Gasteiger partial charge on any atom is -0.497 e. The van der Waals surface area contributed by atoms with Gasteiger partial charge in [-0.05, 0) is 35.9 Å². The molecule has 3 nitrogen and oxygen atoms in total. The first kappa shape index (κ1) is 13.7. The van der Waals surface area contributed by atoms with Crippen LogP contribution in [0.2, 0.25) is 0 Å². The standard InChI is InChI=1S/C16H20N2OS/c1-3-18-7-6-16-13(9-18)14(10-20)12-8-11(19-2)4-5-15(12)17-16/h4-5,8,20H,3,6-7,9-10H2,1-2H3. The van der Waals surface area contributed by atoms with Gasteiger partial charge in [0.05, 0.1) is 12.6 Å². The van der Waals surface area contributed by atoms with E-state index in [4.69, 9.17) is 9.72 Å². The van der Waals surface area contributed by atoms with E-state index in [2.05, 4.69) is 30.5 Å². The molecule has 1 aliphatic rings. The van der Waals surface area contributed by atoms with Gasteiger partial charge in [-0.3, -0.25) is 9.88 Å². The molecule has 106 valence electrons. The van der Waals surface area contributed by atoms with Gasteiger partial charge in [0.25, 0.3) is 0 Å². The van der Waals surface area contributed by atoms with Gasteiger partial charge >= 0.3 is 0 Å². The molecular weight excluding hydrogens is 268 g/mol. The normalized spacial score (nSPS) is 15.3. The number of benzene rings is 1. The summed E-state index contributed by atoms with van der Waals surface area (Å²) in [6.45, 7) is 5.39. The number of aromatic nitrogens is 1. The highest BCUT2D eigenvalue weighted by molar-refractivity contribution is 7.79. The summed E-state index contributed by atoms with van der Waals surface area (Å²) in [4.78, 5) is 7.31. The number of rotatable bonds is 3. The van der Waals surface area contributed by atoms with Crippen LogP contribution in [0.4, 0.5) is 0 Å². The van der Waals surface area contributed by atoms with Gasteiger partial charge in [-0.25, -0.2) is 0 Å². The first-order valence-corrected chi connectivity index (χ1v) is 7.71. The van der Waals surface area contributed by atoms with Crippen molar-refractivity contribution in [2.75, 3.05) is 20.2 Å².